The summed E-state index contributed by atoms with van der Waals surface area (Å²) < 4.78 is 5.37. The van der Waals surface area contributed by atoms with Crippen LogP contribution in [0.4, 0.5) is 5.69 Å². The first kappa shape index (κ1) is 15.6. The summed E-state index contributed by atoms with van der Waals surface area (Å²) in [7, 11) is 0. The van der Waals surface area contributed by atoms with Crippen molar-refractivity contribution >= 4 is 11.6 Å². The second kappa shape index (κ2) is 7.35. The van der Waals surface area contributed by atoms with E-state index in [1.807, 2.05) is 4.90 Å². The minimum absolute atomic E-state index is 0.139. The highest BCUT2D eigenvalue weighted by Gasteiger charge is 2.28. The van der Waals surface area contributed by atoms with Gasteiger partial charge >= 0.3 is 0 Å². The summed E-state index contributed by atoms with van der Waals surface area (Å²) in [5, 5.41) is 3.58. The van der Waals surface area contributed by atoms with E-state index in [-0.39, 0.29) is 11.8 Å². The molecule has 2 aliphatic heterocycles. The van der Waals surface area contributed by atoms with E-state index in [2.05, 4.69) is 39.2 Å². The largest absolute Gasteiger partial charge is 0.378 e. The maximum Gasteiger partial charge on any atom is 0.223 e. The maximum absolute atomic E-state index is 12.0. The monoisotopic (exact) mass is 315 g/mol. The number of morpholine rings is 1. The SMILES string of the molecule is [N-]=[N+]=NCC1CC(=O)N(Cc2ccc(N3CCOCC3)cc2)C1. The summed E-state index contributed by atoms with van der Waals surface area (Å²) in [6.07, 6.45) is 0.477. The number of anilines is 1. The van der Waals surface area contributed by atoms with Crippen LogP contribution < -0.4 is 4.90 Å². The van der Waals surface area contributed by atoms with Gasteiger partial charge in [0.25, 0.3) is 0 Å². The van der Waals surface area contributed by atoms with Crippen molar-refractivity contribution in [2.45, 2.75) is 13.0 Å². The highest BCUT2D eigenvalue weighted by atomic mass is 16.5. The van der Waals surface area contributed by atoms with Gasteiger partial charge in [0.15, 0.2) is 0 Å². The number of azide groups is 1. The van der Waals surface area contributed by atoms with E-state index in [0.717, 1.165) is 31.9 Å². The quantitative estimate of drug-likeness (QED) is 0.474. The number of hydrogen-bond acceptors (Lipinski definition) is 4. The highest BCUT2D eigenvalue weighted by molar-refractivity contribution is 5.78. The van der Waals surface area contributed by atoms with Crippen molar-refractivity contribution in [3.05, 3.63) is 40.3 Å². The lowest BCUT2D eigenvalue weighted by Crippen LogP contribution is -2.36. The molecule has 1 amide bonds. The van der Waals surface area contributed by atoms with Crippen LogP contribution in [0.25, 0.3) is 10.4 Å². The summed E-state index contributed by atoms with van der Waals surface area (Å²) >= 11 is 0. The number of amides is 1. The third-order valence-electron chi connectivity index (χ3n) is 4.38. The van der Waals surface area contributed by atoms with Gasteiger partial charge in [0, 0.05) is 49.7 Å². The molecule has 0 aromatic heterocycles. The Morgan fingerprint density at radius 1 is 1.26 bits per heavy atom. The second-order valence-corrected chi connectivity index (χ2v) is 6.02. The molecule has 2 heterocycles. The molecule has 2 aliphatic rings. The summed E-state index contributed by atoms with van der Waals surface area (Å²) in [4.78, 5) is 19.0. The van der Waals surface area contributed by atoms with Crippen LogP contribution >= 0.6 is 0 Å². The standard InChI is InChI=1S/C16H21N5O2/c17-19-18-10-14-9-16(22)21(12-14)11-13-1-3-15(4-2-13)20-5-7-23-8-6-20/h1-4,14H,5-12H2. The molecule has 1 aromatic carbocycles. The fourth-order valence-corrected chi connectivity index (χ4v) is 3.14. The molecule has 7 nitrogen and oxygen atoms in total. The zero-order chi connectivity index (χ0) is 16.1. The molecule has 2 fully saturated rings. The van der Waals surface area contributed by atoms with E-state index < -0.39 is 0 Å². The van der Waals surface area contributed by atoms with Crippen LogP contribution in [-0.4, -0.2) is 50.2 Å². The van der Waals surface area contributed by atoms with Crippen molar-refractivity contribution in [2.75, 3.05) is 44.3 Å². The Kier molecular flexibility index (Phi) is 5.00. The zero-order valence-corrected chi connectivity index (χ0v) is 13.1. The van der Waals surface area contributed by atoms with E-state index in [0.29, 0.717) is 26.1 Å². The van der Waals surface area contributed by atoms with Gasteiger partial charge in [0.05, 0.1) is 13.2 Å². The normalized spacial score (nSPS) is 21.4. The van der Waals surface area contributed by atoms with Gasteiger partial charge in [-0.25, -0.2) is 0 Å². The molecule has 0 saturated carbocycles. The van der Waals surface area contributed by atoms with Crippen LogP contribution in [0, 0.1) is 5.92 Å². The molecule has 0 spiro atoms. The lowest BCUT2D eigenvalue weighted by Gasteiger charge is -2.29. The minimum Gasteiger partial charge on any atom is -0.378 e. The number of carbonyl (C=O) groups excluding carboxylic acids is 1. The van der Waals surface area contributed by atoms with E-state index in [9.17, 15) is 4.79 Å². The molecule has 3 rings (SSSR count). The molecule has 23 heavy (non-hydrogen) atoms. The number of benzene rings is 1. The number of hydrogen-bond donors (Lipinski definition) is 0. The fraction of sp³-hybridized carbons (Fsp3) is 0.562. The van der Waals surface area contributed by atoms with E-state index in [1.165, 1.54) is 5.69 Å². The molecule has 122 valence electrons. The minimum atomic E-state index is 0.139. The van der Waals surface area contributed by atoms with Crippen molar-refractivity contribution in [3.63, 3.8) is 0 Å². The van der Waals surface area contributed by atoms with Crippen molar-refractivity contribution in [1.82, 2.24) is 4.90 Å². The summed E-state index contributed by atoms with van der Waals surface area (Å²) in [5.41, 5.74) is 10.7. The van der Waals surface area contributed by atoms with Crippen LogP contribution in [0.1, 0.15) is 12.0 Å². The van der Waals surface area contributed by atoms with Crippen molar-refractivity contribution in [1.29, 1.82) is 0 Å². The van der Waals surface area contributed by atoms with Crippen LogP contribution in [-0.2, 0) is 16.1 Å². The Balaban J connectivity index is 1.57. The maximum atomic E-state index is 12.0. The summed E-state index contributed by atoms with van der Waals surface area (Å²) in [6, 6.07) is 8.38. The van der Waals surface area contributed by atoms with Gasteiger partial charge < -0.3 is 14.5 Å². The van der Waals surface area contributed by atoms with Crippen molar-refractivity contribution < 1.29 is 9.53 Å². The Labute approximate surface area is 135 Å². The molecule has 0 bridgehead atoms. The second-order valence-electron chi connectivity index (χ2n) is 6.02. The van der Waals surface area contributed by atoms with Crippen LogP contribution in [0.3, 0.4) is 0 Å². The third kappa shape index (κ3) is 3.94. The van der Waals surface area contributed by atoms with E-state index in [4.69, 9.17) is 10.3 Å². The molecule has 1 unspecified atom stereocenters. The highest BCUT2D eigenvalue weighted by Crippen LogP contribution is 2.22. The lowest BCUT2D eigenvalue weighted by atomic mass is 10.1. The molecule has 2 saturated heterocycles. The molecular weight excluding hydrogens is 294 g/mol. The predicted molar refractivity (Wildman–Crippen MR) is 87.0 cm³/mol. The van der Waals surface area contributed by atoms with Gasteiger partial charge in [0.2, 0.25) is 5.91 Å². The third-order valence-corrected chi connectivity index (χ3v) is 4.38. The Hall–Kier alpha value is -2.24. The number of nitrogens with zero attached hydrogens (tertiary/aromatic N) is 5. The molecule has 0 radical (unpaired) electrons. The van der Waals surface area contributed by atoms with Gasteiger partial charge in [-0.05, 0) is 29.1 Å². The Morgan fingerprint density at radius 3 is 2.70 bits per heavy atom. The fourth-order valence-electron chi connectivity index (χ4n) is 3.14. The van der Waals surface area contributed by atoms with Crippen molar-refractivity contribution in [2.24, 2.45) is 11.0 Å². The van der Waals surface area contributed by atoms with E-state index >= 15 is 0 Å². The Morgan fingerprint density at radius 2 is 2.00 bits per heavy atom. The number of ether oxygens (including phenoxy) is 1. The number of likely N-dealkylation sites (tertiary alicyclic amines) is 1. The van der Waals surface area contributed by atoms with Gasteiger partial charge in [-0.3, -0.25) is 4.79 Å². The van der Waals surface area contributed by atoms with Gasteiger partial charge in [-0.1, -0.05) is 17.2 Å². The van der Waals surface area contributed by atoms with Gasteiger partial charge in [-0.15, -0.1) is 0 Å². The topological polar surface area (TPSA) is 81.5 Å². The molecule has 0 aliphatic carbocycles. The van der Waals surface area contributed by atoms with Crippen LogP contribution in [0.5, 0.6) is 0 Å². The van der Waals surface area contributed by atoms with Crippen LogP contribution in [0.2, 0.25) is 0 Å². The summed E-state index contributed by atoms with van der Waals surface area (Å²) in [6.45, 7) is 5.08. The Bertz CT molecular complexity index is 591. The average Bonchev–Trinajstić information content (AvgIpc) is 2.94. The smallest absolute Gasteiger partial charge is 0.223 e. The molecule has 1 aromatic rings. The first-order valence-corrected chi connectivity index (χ1v) is 7.96. The van der Waals surface area contributed by atoms with E-state index in [1.54, 1.807) is 0 Å². The predicted octanol–water partition coefficient (Wildman–Crippen LogP) is 2.18. The summed E-state index contributed by atoms with van der Waals surface area (Å²) in [5.74, 6) is 0.284. The zero-order valence-electron chi connectivity index (χ0n) is 13.1. The average molecular weight is 315 g/mol. The van der Waals surface area contributed by atoms with Gasteiger partial charge in [-0.2, -0.15) is 0 Å². The molecule has 7 heteroatoms. The molecular formula is C16H21N5O2. The van der Waals surface area contributed by atoms with Crippen molar-refractivity contribution in [3.8, 4) is 0 Å². The number of carbonyl (C=O) groups is 1. The molecule has 1 atom stereocenters. The van der Waals surface area contributed by atoms with Crippen LogP contribution in [0.15, 0.2) is 29.4 Å². The van der Waals surface area contributed by atoms with Gasteiger partial charge in [0.1, 0.15) is 0 Å². The molecule has 0 N–H and O–H groups in total. The number of rotatable bonds is 5. The first-order valence-electron chi connectivity index (χ1n) is 7.96. The first-order chi connectivity index (χ1) is 11.3. The lowest BCUT2D eigenvalue weighted by molar-refractivity contribution is -0.128.